The highest BCUT2D eigenvalue weighted by atomic mass is 32.1. The number of aromatic nitrogens is 1. The monoisotopic (exact) mass is 360 g/mol. The molecule has 5 nitrogen and oxygen atoms in total. The third-order valence-corrected chi connectivity index (χ3v) is 5.33. The molecular formula is C19H28N4OS. The van der Waals surface area contributed by atoms with E-state index in [9.17, 15) is 0 Å². The van der Waals surface area contributed by atoms with Crippen molar-refractivity contribution < 1.29 is 4.74 Å². The van der Waals surface area contributed by atoms with Gasteiger partial charge in [0.15, 0.2) is 5.96 Å². The third kappa shape index (κ3) is 5.74. The van der Waals surface area contributed by atoms with Crippen molar-refractivity contribution in [3.8, 4) is 5.75 Å². The van der Waals surface area contributed by atoms with E-state index in [0.29, 0.717) is 12.5 Å². The van der Waals surface area contributed by atoms with Gasteiger partial charge >= 0.3 is 0 Å². The molecule has 1 aromatic carbocycles. The first-order chi connectivity index (χ1) is 12.0. The van der Waals surface area contributed by atoms with E-state index in [-0.39, 0.29) is 0 Å². The Hall–Kier alpha value is -2.08. The summed E-state index contributed by atoms with van der Waals surface area (Å²) in [5.74, 6) is 2.18. The van der Waals surface area contributed by atoms with Crippen LogP contribution in [0.3, 0.4) is 0 Å². The highest BCUT2D eigenvalue weighted by Crippen LogP contribution is 2.21. The van der Waals surface area contributed by atoms with Crippen LogP contribution in [0, 0.1) is 13.8 Å². The van der Waals surface area contributed by atoms with Crippen LogP contribution in [0.1, 0.15) is 40.4 Å². The molecule has 0 radical (unpaired) electrons. The molecule has 1 heterocycles. The van der Waals surface area contributed by atoms with Gasteiger partial charge in [0.2, 0.25) is 0 Å². The summed E-state index contributed by atoms with van der Waals surface area (Å²) in [6.07, 6.45) is 1.03. The van der Waals surface area contributed by atoms with Crippen molar-refractivity contribution in [2.45, 2.75) is 39.7 Å². The summed E-state index contributed by atoms with van der Waals surface area (Å²) in [6.45, 7) is 7.95. The number of rotatable bonds is 7. The lowest BCUT2D eigenvalue weighted by Crippen LogP contribution is -2.37. The maximum atomic E-state index is 5.21. The highest BCUT2D eigenvalue weighted by molar-refractivity contribution is 7.11. The van der Waals surface area contributed by atoms with E-state index in [0.717, 1.165) is 35.4 Å². The fourth-order valence-corrected chi connectivity index (χ4v) is 3.37. The number of benzene rings is 1. The first-order valence-electron chi connectivity index (χ1n) is 8.54. The number of guanidine groups is 1. The number of aliphatic imine (C=N–C) groups is 1. The molecule has 1 unspecified atom stereocenters. The van der Waals surface area contributed by atoms with Crippen molar-refractivity contribution in [1.82, 2.24) is 15.6 Å². The van der Waals surface area contributed by atoms with Crippen LogP contribution in [0.25, 0.3) is 0 Å². The molecule has 136 valence electrons. The minimum absolute atomic E-state index is 0.473. The Bertz CT molecular complexity index is 674. The maximum Gasteiger partial charge on any atom is 0.191 e. The van der Waals surface area contributed by atoms with Gasteiger partial charge in [-0.15, -0.1) is 11.3 Å². The van der Waals surface area contributed by atoms with E-state index in [1.54, 1.807) is 25.5 Å². The summed E-state index contributed by atoms with van der Waals surface area (Å²) in [5, 5.41) is 7.79. The summed E-state index contributed by atoms with van der Waals surface area (Å²) < 4.78 is 5.21. The van der Waals surface area contributed by atoms with Gasteiger partial charge in [0.05, 0.1) is 19.3 Å². The van der Waals surface area contributed by atoms with E-state index >= 15 is 0 Å². The Morgan fingerprint density at radius 3 is 2.52 bits per heavy atom. The largest absolute Gasteiger partial charge is 0.497 e. The third-order valence-electron chi connectivity index (χ3n) is 4.26. The molecule has 2 aromatic rings. The number of hydrogen-bond donors (Lipinski definition) is 2. The van der Waals surface area contributed by atoms with Gasteiger partial charge < -0.3 is 15.4 Å². The standard InChI is InChI=1S/C19H28N4OS/c1-13(16-6-8-17(24-5)9-7-16)10-11-21-19(20-4)22-12-18-23-14(2)15(3)25-18/h6-9,13H,10-12H2,1-5H3,(H2,20,21,22). The van der Waals surface area contributed by atoms with Crippen LogP contribution in [0.15, 0.2) is 29.3 Å². The van der Waals surface area contributed by atoms with Gasteiger partial charge in [-0.25, -0.2) is 4.98 Å². The minimum Gasteiger partial charge on any atom is -0.497 e. The topological polar surface area (TPSA) is 58.5 Å². The average Bonchev–Trinajstić information content (AvgIpc) is 2.95. The molecule has 0 amide bonds. The van der Waals surface area contributed by atoms with Crippen molar-refractivity contribution in [2.75, 3.05) is 20.7 Å². The Labute approximate surface area is 154 Å². The van der Waals surface area contributed by atoms with E-state index in [2.05, 4.69) is 46.6 Å². The Morgan fingerprint density at radius 2 is 1.96 bits per heavy atom. The molecule has 0 saturated carbocycles. The zero-order chi connectivity index (χ0) is 18.2. The molecule has 0 spiro atoms. The predicted molar refractivity (Wildman–Crippen MR) is 106 cm³/mol. The lowest BCUT2D eigenvalue weighted by molar-refractivity contribution is 0.414. The summed E-state index contributed by atoms with van der Waals surface area (Å²) >= 11 is 1.73. The number of thiazole rings is 1. The van der Waals surface area contributed by atoms with Crippen molar-refractivity contribution >= 4 is 17.3 Å². The number of ether oxygens (including phenoxy) is 1. The molecule has 2 rings (SSSR count). The predicted octanol–water partition coefficient (Wildman–Crippen LogP) is 3.63. The normalized spacial score (nSPS) is 12.8. The minimum atomic E-state index is 0.473. The second-order valence-corrected chi connectivity index (χ2v) is 7.35. The molecule has 0 aliphatic heterocycles. The van der Waals surface area contributed by atoms with Gasteiger partial charge in [-0.2, -0.15) is 0 Å². The van der Waals surface area contributed by atoms with Gasteiger partial charge in [-0.3, -0.25) is 4.99 Å². The molecule has 1 aromatic heterocycles. The smallest absolute Gasteiger partial charge is 0.191 e. The molecule has 1 atom stereocenters. The van der Waals surface area contributed by atoms with Crippen molar-refractivity contribution in [1.29, 1.82) is 0 Å². The molecule has 6 heteroatoms. The van der Waals surface area contributed by atoms with Crippen LogP contribution in [-0.2, 0) is 6.54 Å². The van der Waals surface area contributed by atoms with Crippen LogP contribution in [0.4, 0.5) is 0 Å². The second kappa shape index (κ2) is 9.42. The van der Waals surface area contributed by atoms with Crippen LogP contribution < -0.4 is 15.4 Å². The SMILES string of the molecule is CN=C(NCCC(C)c1ccc(OC)cc1)NCc1nc(C)c(C)s1. The molecule has 0 fully saturated rings. The van der Waals surface area contributed by atoms with E-state index < -0.39 is 0 Å². The summed E-state index contributed by atoms with van der Waals surface area (Å²) in [4.78, 5) is 10.1. The fraction of sp³-hybridized carbons (Fsp3) is 0.474. The Kier molecular flexibility index (Phi) is 7.25. The Morgan fingerprint density at radius 1 is 1.24 bits per heavy atom. The fourth-order valence-electron chi connectivity index (χ4n) is 2.50. The second-order valence-electron chi connectivity index (χ2n) is 6.06. The molecule has 0 aliphatic rings. The lowest BCUT2D eigenvalue weighted by Gasteiger charge is -2.15. The van der Waals surface area contributed by atoms with E-state index in [4.69, 9.17) is 4.74 Å². The highest BCUT2D eigenvalue weighted by Gasteiger charge is 2.07. The summed E-state index contributed by atoms with van der Waals surface area (Å²) in [7, 11) is 3.48. The van der Waals surface area contributed by atoms with Gasteiger partial charge in [0, 0.05) is 18.5 Å². The van der Waals surface area contributed by atoms with Crippen LogP contribution in [0.2, 0.25) is 0 Å². The number of hydrogen-bond acceptors (Lipinski definition) is 4. The van der Waals surface area contributed by atoms with Gasteiger partial charge in [0.25, 0.3) is 0 Å². The molecule has 0 saturated heterocycles. The summed E-state index contributed by atoms with van der Waals surface area (Å²) in [6, 6.07) is 8.28. The van der Waals surface area contributed by atoms with Gasteiger partial charge in [-0.05, 0) is 43.9 Å². The van der Waals surface area contributed by atoms with Crippen LogP contribution >= 0.6 is 11.3 Å². The molecule has 0 aliphatic carbocycles. The number of methoxy groups -OCH3 is 1. The maximum absolute atomic E-state index is 5.21. The molecule has 2 N–H and O–H groups in total. The van der Waals surface area contributed by atoms with Crippen molar-refractivity contribution in [3.63, 3.8) is 0 Å². The Balaban J connectivity index is 1.76. The van der Waals surface area contributed by atoms with Crippen molar-refractivity contribution in [3.05, 3.63) is 45.4 Å². The number of nitrogens with one attached hydrogen (secondary N) is 2. The zero-order valence-corrected chi connectivity index (χ0v) is 16.5. The van der Waals surface area contributed by atoms with Crippen LogP contribution in [-0.4, -0.2) is 31.6 Å². The molecule has 25 heavy (non-hydrogen) atoms. The van der Waals surface area contributed by atoms with Crippen LogP contribution in [0.5, 0.6) is 5.75 Å². The van der Waals surface area contributed by atoms with E-state index in [1.807, 2.05) is 19.1 Å². The molecular weight excluding hydrogens is 332 g/mol. The number of aryl methyl sites for hydroxylation is 2. The van der Waals surface area contributed by atoms with Gasteiger partial charge in [-0.1, -0.05) is 19.1 Å². The first kappa shape index (κ1) is 19.2. The quantitative estimate of drug-likeness (QED) is 0.585. The van der Waals surface area contributed by atoms with Crippen molar-refractivity contribution in [2.24, 2.45) is 4.99 Å². The summed E-state index contributed by atoms with van der Waals surface area (Å²) in [5.41, 5.74) is 2.43. The zero-order valence-electron chi connectivity index (χ0n) is 15.7. The van der Waals surface area contributed by atoms with Gasteiger partial charge in [0.1, 0.15) is 10.8 Å². The van der Waals surface area contributed by atoms with E-state index in [1.165, 1.54) is 10.4 Å². The average molecular weight is 361 g/mol. The molecule has 0 bridgehead atoms. The first-order valence-corrected chi connectivity index (χ1v) is 9.36. The number of nitrogens with zero attached hydrogens (tertiary/aromatic N) is 2. The lowest BCUT2D eigenvalue weighted by atomic mass is 9.98.